The number of aromatic nitrogens is 3. The van der Waals surface area contributed by atoms with E-state index in [1.54, 1.807) is 12.1 Å². The van der Waals surface area contributed by atoms with Crippen molar-refractivity contribution in [2.24, 2.45) is 0 Å². The Morgan fingerprint density at radius 3 is 1.26 bits per heavy atom. The van der Waals surface area contributed by atoms with Gasteiger partial charge in [-0.15, -0.1) is 59.3 Å². The summed E-state index contributed by atoms with van der Waals surface area (Å²) in [5.41, 5.74) is 4.15. The summed E-state index contributed by atoms with van der Waals surface area (Å²) in [6, 6.07) is 66.8. The maximum Gasteiger partial charge on any atom is 0.354 e. The number of carbonyl (C=O) groups is 1. The normalized spacial score (nSPS) is 10.8. The molecule has 279 valence electrons. The quantitative estimate of drug-likeness (QED) is 0.141. The van der Waals surface area contributed by atoms with Gasteiger partial charge in [-0.05, 0) is 67.4 Å². The van der Waals surface area contributed by atoms with Crippen molar-refractivity contribution < 1.29 is 30.0 Å². The molecule has 0 bridgehead atoms. The molecule has 0 saturated heterocycles. The molecule has 11 aromatic rings. The van der Waals surface area contributed by atoms with Gasteiger partial charge in [0.1, 0.15) is 5.69 Å². The van der Waals surface area contributed by atoms with Gasteiger partial charge in [0.25, 0.3) is 0 Å². The summed E-state index contributed by atoms with van der Waals surface area (Å²) in [4.78, 5) is 23.1. The van der Waals surface area contributed by atoms with Crippen LogP contribution in [0.25, 0.3) is 87.1 Å². The standard InChI is InChI=1S/2C23H14N.C6H5NO2.Ir/c2*1-2-7-19-15-20(12-9-16(19)5-1)23-22-18(13-14-24-23)11-10-17-6-3-4-8-21(17)22;8-6(9)5-3-1-2-4-7-5;/h2*1-14H;1-4H,(H,8,9);/q2*-1;;. The Morgan fingerprint density at radius 2 is 0.810 bits per heavy atom. The van der Waals surface area contributed by atoms with Crippen LogP contribution in [-0.2, 0) is 20.1 Å². The number of aromatic carboxylic acids is 1. The molecule has 1 radical (unpaired) electrons. The minimum absolute atomic E-state index is 0. The summed E-state index contributed by atoms with van der Waals surface area (Å²) in [5.74, 6) is -0.990. The van der Waals surface area contributed by atoms with Gasteiger partial charge in [-0.1, -0.05) is 137 Å². The summed E-state index contributed by atoms with van der Waals surface area (Å²) < 4.78 is 0. The van der Waals surface area contributed by atoms with Crippen molar-refractivity contribution in [3.63, 3.8) is 0 Å². The number of nitrogens with zero attached hydrogens (tertiary/aromatic N) is 3. The van der Waals surface area contributed by atoms with Gasteiger partial charge in [-0.3, -0.25) is 9.97 Å². The molecule has 5 nitrogen and oxygen atoms in total. The van der Waals surface area contributed by atoms with Crippen molar-refractivity contribution in [1.29, 1.82) is 0 Å². The Bertz CT molecular complexity index is 3050. The van der Waals surface area contributed by atoms with Crippen molar-refractivity contribution >= 4 is 70.6 Å². The molecule has 3 aromatic heterocycles. The fraction of sp³-hybridized carbons (Fsp3) is 0. The Morgan fingerprint density at radius 1 is 0.397 bits per heavy atom. The first-order valence-electron chi connectivity index (χ1n) is 18.6. The van der Waals surface area contributed by atoms with Gasteiger partial charge >= 0.3 is 5.97 Å². The third-order valence-electron chi connectivity index (χ3n) is 10.0. The van der Waals surface area contributed by atoms with E-state index in [2.05, 4.69) is 175 Å². The first-order valence-corrected chi connectivity index (χ1v) is 18.6. The number of rotatable bonds is 3. The van der Waals surface area contributed by atoms with Crippen LogP contribution in [-0.4, -0.2) is 26.0 Å². The average molecular weight is 924 g/mol. The third kappa shape index (κ3) is 7.67. The molecule has 6 heteroatoms. The largest absolute Gasteiger partial charge is 0.477 e. The van der Waals surface area contributed by atoms with Crippen LogP contribution >= 0.6 is 0 Å². The van der Waals surface area contributed by atoms with Gasteiger partial charge in [0.2, 0.25) is 0 Å². The number of hydrogen-bond donors (Lipinski definition) is 1. The van der Waals surface area contributed by atoms with Crippen LogP contribution in [0.2, 0.25) is 0 Å². The Kier molecular flexibility index (Phi) is 11.0. The van der Waals surface area contributed by atoms with Gasteiger partial charge in [-0.25, -0.2) is 9.78 Å². The Hall–Kier alpha value is -7.11. The second kappa shape index (κ2) is 16.9. The fourth-order valence-corrected chi connectivity index (χ4v) is 7.30. The van der Waals surface area contributed by atoms with Crippen LogP contribution < -0.4 is 0 Å². The van der Waals surface area contributed by atoms with Gasteiger partial charge in [0.05, 0.1) is 0 Å². The minimum Gasteiger partial charge on any atom is -0.477 e. The van der Waals surface area contributed by atoms with Crippen LogP contribution in [0, 0.1) is 12.1 Å². The predicted molar refractivity (Wildman–Crippen MR) is 233 cm³/mol. The number of fused-ring (bicyclic) bond motifs is 8. The van der Waals surface area contributed by atoms with Crippen molar-refractivity contribution in [1.82, 2.24) is 15.0 Å². The number of carboxylic acid groups (broad SMARTS) is 1. The van der Waals surface area contributed by atoms with Crippen LogP contribution in [0.15, 0.2) is 195 Å². The monoisotopic (exact) mass is 924 g/mol. The SMILES string of the molecule is O=C(O)c1ccccn1.[Ir].[c-]1c(-c2nccc3ccc4ccccc4c23)ccc2ccccc12.[c-]1c(-c2nccc3ccc4ccccc4c23)ccc2ccccc12. The summed E-state index contributed by atoms with van der Waals surface area (Å²) in [5, 5.41) is 22.7. The zero-order valence-electron chi connectivity index (χ0n) is 31.0. The zero-order chi connectivity index (χ0) is 38.6. The summed E-state index contributed by atoms with van der Waals surface area (Å²) in [6.45, 7) is 0. The third-order valence-corrected chi connectivity index (χ3v) is 10.0. The molecule has 0 saturated carbocycles. The van der Waals surface area contributed by atoms with Crippen LogP contribution in [0.3, 0.4) is 0 Å². The van der Waals surface area contributed by atoms with E-state index in [9.17, 15) is 4.79 Å². The van der Waals surface area contributed by atoms with Crippen LogP contribution in [0.5, 0.6) is 0 Å². The molecule has 0 amide bonds. The molecule has 3 heterocycles. The number of hydrogen-bond acceptors (Lipinski definition) is 4. The molecule has 0 aliphatic carbocycles. The molecule has 8 aromatic carbocycles. The minimum atomic E-state index is -0.990. The second-order valence-corrected chi connectivity index (χ2v) is 13.5. The summed E-state index contributed by atoms with van der Waals surface area (Å²) in [6.07, 6.45) is 5.22. The molecule has 0 fully saturated rings. The molecule has 58 heavy (non-hydrogen) atoms. The van der Waals surface area contributed by atoms with E-state index in [0.29, 0.717) is 0 Å². The first-order chi connectivity index (χ1) is 28.1. The molecule has 0 aliphatic rings. The van der Waals surface area contributed by atoms with Gasteiger partial charge in [0, 0.05) is 50.1 Å². The predicted octanol–water partition coefficient (Wildman–Crippen LogP) is 12.8. The molecule has 1 N–H and O–H groups in total. The molecule has 0 spiro atoms. The maximum atomic E-state index is 10.1. The van der Waals surface area contributed by atoms with Crippen LogP contribution in [0.4, 0.5) is 0 Å². The number of benzene rings is 8. The van der Waals surface area contributed by atoms with Gasteiger partial charge in [-0.2, -0.15) is 0 Å². The number of pyridine rings is 3. The smallest absolute Gasteiger partial charge is 0.354 e. The van der Waals surface area contributed by atoms with E-state index >= 15 is 0 Å². The second-order valence-electron chi connectivity index (χ2n) is 13.5. The Balaban J connectivity index is 0.000000132. The summed E-state index contributed by atoms with van der Waals surface area (Å²) >= 11 is 0. The molecular weight excluding hydrogens is 891 g/mol. The molecule has 0 atom stereocenters. The van der Waals surface area contributed by atoms with E-state index < -0.39 is 5.97 Å². The van der Waals surface area contributed by atoms with E-state index in [1.807, 2.05) is 12.4 Å². The van der Waals surface area contributed by atoms with Crippen LogP contribution in [0.1, 0.15) is 10.5 Å². The van der Waals surface area contributed by atoms with E-state index in [1.165, 1.54) is 66.1 Å². The van der Waals surface area contributed by atoms with Crippen molar-refractivity contribution in [3.8, 4) is 22.5 Å². The van der Waals surface area contributed by atoms with E-state index in [0.717, 1.165) is 33.3 Å². The number of carboxylic acids is 1. The van der Waals surface area contributed by atoms with Crippen molar-refractivity contribution in [2.75, 3.05) is 0 Å². The molecule has 0 aliphatic heterocycles. The first kappa shape index (κ1) is 37.8. The average Bonchev–Trinajstić information content (AvgIpc) is 3.29. The van der Waals surface area contributed by atoms with Crippen molar-refractivity contribution in [2.45, 2.75) is 0 Å². The molecule has 11 rings (SSSR count). The van der Waals surface area contributed by atoms with Gasteiger partial charge < -0.3 is 5.11 Å². The van der Waals surface area contributed by atoms with E-state index in [4.69, 9.17) is 15.1 Å². The maximum absolute atomic E-state index is 10.1. The molecule has 0 unspecified atom stereocenters. The van der Waals surface area contributed by atoms with E-state index in [-0.39, 0.29) is 25.8 Å². The zero-order valence-corrected chi connectivity index (χ0v) is 33.4. The van der Waals surface area contributed by atoms with Gasteiger partial charge in [0.15, 0.2) is 0 Å². The fourth-order valence-electron chi connectivity index (χ4n) is 7.30. The Labute approximate surface area is 348 Å². The molecular formula is C52H33IrN3O2-2. The topological polar surface area (TPSA) is 76.0 Å². The summed E-state index contributed by atoms with van der Waals surface area (Å²) in [7, 11) is 0. The van der Waals surface area contributed by atoms with Crippen molar-refractivity contribution in [3.05, 3.63) is 212 Å².